The van der Waals surface area contributed by atoms with Crippen molar-refractivity contribution in [2.75, 3.05) is 30.0 Å². The number of para-hydroxylation sites is 1. The van der Waals surface area contributed by atoms with Gasteiger partial charge in [0.05, 0.1) is 11.8 Å². The van der Waals surface area contributed by atoms with Crippen LogP contribution in [-0.2, 0) is 19.9 Å². The minimum atomic E-state index is -1.18. The second-order valence-electron chi connectivity index (χ2n) is 8.25. The largest absolute Gasteiger partial charge is 0.306 e. The minimum absolute atomic E-state index is 0.124. The number of anilines is 1. The van der Waals surface area contributed by atoms with Crippen LogP contribution in [-0.4, -0.2) is 53.8 Å². The molecule has 1 spiro atoms. The topological polar surface area (TPSA) is 69.7 Å². The Morgan fingerprint density at radius 1 is 1.20 bits per heavy atom. The van der Waals surface area contributed by atoms with Crippen LogP contribution in [0.2, 0.25) is 0 Å². The molecule has 1 aromatic carbocycles. The van der Waals surface area contributed by atoms with E-state index < -0.39 is 17.4 Å². The summed E-state index contributed by atoms with van der Waals surface area (Å²) in [4.78, 5) is 43.9. The van der Waals surface area contributed by atoms with Crippen LogP contribution in [0, 0.1) is 11.8 Å². The van der Waals surface area contributed by atoms with Gasteiger partial charge >= 0.3 is 0 Å². The molecule has 3 aliphatic heterocycles. The van der Waals surface area contributed by atoms with E-state index in [1.807, 2.05) is 37.4 Å². The highest BCUT2D eigenvalue weighted by molar-refractivity contribution is 7.98. The number of hydrogen-bond donors (Lipinski definition) is 1. The third-order valence-electron chi connectivity index (χ3n) is 6.64. The normalized spacial score (nSPS) is 29.8. The average molecular weight is 428 g/mol. The van der Waals surface area contributed by atoms with Crippen LogP contribution in [0.25, 0.3) is 0 Å². The van der Waals surface area contributed by atoms with Gasteiger partial charge in [0.25, 0.3) is 5.91 Å². The number of rotatable bonds is 8. The Kier molecular flexibility index (Phi) is 5.77. The van der Waals surface area contributed by atoms with E-state index in [4.69, 9.17) is 0 Å². The molecule has 6 nitrogen and oxygen atoms in total. The molecule has 4 atom stereocenters. The van der Waals surface area contributed by atoms with Gasteiger partial charge in [-0.05, 0) is 30.9 Å². The summed E-state index contributed by atoms with van der Waals surface area (Å²) < 4.78 is 0. The van der Waals surface area contributed by atoms with Gasteiger partial charge in [0, 0.05) is 30.4 Å². The van der Waals surface area contributed by atoms with Crippen molar-refractivity contribution in [3.63, 3.8) is 0 Å². The standard InChI is InChI=1S/C23H29N3O3S/c1-4-6-13-26-20(27)18-16(11-14-30-3)24-23(19(18)21(26)28)15-9-7-8-10-17(15)25(12-5-2)22(23)29/h5,7-10,16,18-19,24H,2,4,6,11-14H2,1,3H3/t16-,18+,19-,23+/m1/s1. The predicted molar refractivity (Wildman–Crippen MR) is 119 cm³/mol. The number of hydrogen-bond acceptors (Lipinski definition) is 5. The van der Waals surface area contributed by atoms with Crippen LogP contribution in [0.3, 0.4) is 0 Å². The number of unbranched alkanes of at least 4 members (excludes halogenated alkanes) is 1. The highest BCUT2D eigenvalue weighted by Crippen LogP contribution is 2.55. The minimum Gasteiger partial charge on any atom is -0.306 e. The van der Waals surface area contributed by atoms with E-state index in [1.54, 1.807) is 22.7 Å². The van der Waals surface area contributed by atoms with Crippen LogP contribution in [0.15, 0.2) is 36.9 Å². The molecule has 2 saturated heterocycles. The first-order chi connectivity index (χ1) is 14.5. The van der Waals surface area contributed by atoms with E-state index in [0.29, 0.717) is 13.1 Å². The van der Waals surface area contributed by atoms with Crippen molar-refractivity contribution < 1.29 is 14.4 Å². The third kappa shape index (κ3) is 2.86. The number of nitrogens with one attached hydrogen (secondary N) is 1. The fourth-order valence-electron chi connectivity index (χ4n) is 5.35. The first kappa shape index (κ1) is 21.1. The summed E-state index contributed by atoms with van der Waals surface area (Å²) in [6.45, 7) is 6.63. The summed E-state index contributed by atoms with van der Waals surface area (Å²) in [5.41, 5.74) is 0.421. The second kappa shape index (κ2) is 8.19. The second-order valence-corrected chi connectivity index (χ2v) is 9.23. The molecular weight excluding hydrogens is 398 g/mol. The smallest absolute Gasteiger partial charge is 0.253 e. The van der Waals surface area contributed by atoms with Crippen molar-refractivity contribution in [3.05, 3.63) is 42.5 Å². The van der Waals surface area contributed by atoms with Gasteiger partial charge in [-0.15, -0.1) is 6.58 Å². The first-order valence-electron chi connectivity index (χ1n) is 10.7. The fraction of sp³-hybridized carbons (Fsp3) is 0.522. The number of nitrogens with zero attached hydrogens (tertiary/aromatic N) is 2. The summed E-state index contributed by atoms with van der Waals surface area (Å²) in [5.74, 6) is -0.815. The molecule has 0 aromatic heterocycles. The molecule has 160 valence electrons. The van der Waals surface area contributed by atoms with Crippen LogP contribution < -0.4 is 10.2 Å². The molecule has 7 heteroatoms. The van der Waals surface area contributed by atoms with Gasteiger partial charge in [-0.3, -0.25) is 24.6 Å². The Labute approximate surface area is 182 Å². The molecule has 4 rings (SSSR count). The SMILES string of the molecule is C=CCN1C(=O)[C@]2(N[C@H](CCSC)[C@@H]3C(=O)N(CCCC)C(=O)[C@@H]32)c2ccccc21. The Morgan fingerprint density at radius 2 is 1.97 bits per heavy atom. The Bertz CT molecular complexity index is 888. The van der Waals surface area contributed by atoms with E-state index in [9.17, 15) is 14.4 Å². The average Bonchev–Trinajstić information content (AvgIpc) is 3.31. The number of likely N-dealkylation sites (tertiary alicyclic amines) is 1. The summed E-state index contributed by atoms with van der Waals surface area (Å²) in [7, 11) is 0. The number of carbonyl (C=O) groups is 3. The van der Waals surface area contributed by atoms with Crippen LogP contribution in [0.4, 0.5) is 5.69 Å². The number of fused-ring (bicyclic) bond motifs is 4. The Balaban J connectivity index is 1.83. The van der Waals surface area contributed by atoms with Gasteiger partial charge in [-0.2, -0.15) is 11.8 Å². The van der Waals surface area contributed by atoms with E-state index in [1.165, 1.54) is 4.90 Å². The van der Waals surface area contributed by atoms with E-state index >= 15 is 0 Å². The lowest BCUT2D eigenvalue weighted by Crippen LogP contribution is -2.55. The molecule has 0 bridgehead atoms. The van der Waals surface area contributed by atoms with E-state index in [-0.39, 0.29) is 23.8 Å². The fourth-order valence-corrected chi connectivity index (χ4v) is 5.84. The van der Waals surface area contributed by atoms with Crippen molar-refractivity contribution >= 4 is 35.2 Å². The molecule has 3 aliphatic rings. The van der Waals surface area contributed by atoms with E-state index in [2.05, 4.69) is 11.9 Å². The van der Waals surface area contributed by atoms with Crippen molar-refractivity contribution in [2.45, 2.75) is 37.8 Å². The number of benzene rings is 1. The number of amides is 3. The van der Waals surface area contributed by atoms with Gasteiger partial charge in [0.2, 0.25) is 11.8 Å². The van der Waals surface area contributed by atoms with E-state index in [0.717, 1.165) is 36.3 Å². The number of thioether (sulfide) groups is 1. The number of imide groups is 1. The zero-order valence-electron chi connectivity index (χ0n) is 17.6. The monoisotopic (exact) mass is 427 g/mol. The summed E-state index contributed by atoms with van der Waals surface area (Å²) in [5, 5.41) is 3.53. The third-order valence-corrected chi connectivity index (χ3v) is 7.28. The molecule has 0 saturated carbocycles. The molecule has 0 unspecified atom stereocenters. The first-order valence-corrected chi connectivity index (χ1v) is 12.1. The summed E-state index contributed by atoms with van der Waals surface area (Å²) in [6.07, 6.45) is 6.14. The van der Waals surface area contributed by atoms with Crippen LogP contribution in [0.5, 0.6) is 0 Å². The van der Waals surface area contributed by atoms with Crippen LogP contribution >= 0.6 is 11.8 Å². The lowest BCUT2D eigenvalue weighted by atomic mass is 9.76. The predicted octanol–water partition coefficient (Wildman–Crippen LogP) is 2.54. The molecular formula is C23H29N3O3S. The van der Waals surface area contributed by atoms with Crippen molar-refractivity contribution in [3.8, 4) is 0 Å². The molecule has 3 heterocycles. The molecule has 30 heavy (non-hydrogen) atoms. The van der Waals surface area contributed by atoms with Crippen molar-refractivity contribution in [1.29, 1.82) is 0 Å². The maximum Gasteiger partial charge on any atom is 0.253 e. The molecule has 2 fully saturated rings. The highest BCUT2D eigenvalue weighted by Gasteiger charge is 2.71. The maximum absolute atomic E-state index is 13.8. The van der Waals surface area contributed by atoms with Gasteiger partial charge in [-0.1, -0.05) is 37.6 Å². The molecule has 1 N–H and O–H groups in total. The molecule has 0 aliphatic carbocycles. The van der Waals surface area contributed by atoms with Crippen molar-refractivity contribution in [1.82, 2.24) is 10.2 Å². The molecule has 0 radical (unpaired) electrons. The lowest BCUT2D eigenvalue weighted by Gasteiger charge is -2.30. The van der Waals surface area contributed by atoms with Crippen LogP contribution in [0.1, 0.15) is 31.7 Å². The van der Waals surface area contributed by atoms with Crippen molar-refractivity contribution in [2.24, 2.45) is 11.8 Å². The molecule has 3 amide bonds. The maximum atomic E-state index is 13.8. The lowest BCUT2D eigenvalue weighted by molar-refractivity contribution is -0.143. The van der Waals surface area contributed by atoms with Gasteiger partial charge in [0.15, 0.2) is 0 Å². The van der Waals surface area contributed by atoms with Gasteiger partial charge < -0.3 is 4.90 Å². The van der Waals surface area contributed by atoms with Gasteiger partial charge in [-0.25, -0.2) is 0 Å². The Hall–Kier alpha value is -2.12. The van der Waals surface area contributed by atoms with Gasteiger partial charge in [0.1, 0.15) is 5.54 Å². The zero-order chi connectivity index (χ0) is 21.5. The summed E-state index contributed by atoms with van der Waals surface area (Å²) in [6, 6.07) is 7.42. The number of carbonyl (C=O) groups excluding carboxylic acids is 3. The quantitative estimate of drug-likeness (QED) is 0.510. The Morgan fingerprint density at radius 3 is 2.67 bits per heavy atom. The highest BCUT2D eigenvalue weighted by atomic mass is 32.2. The summed E-state index contributed by atoms with van der Waals surface area (Å²) >= 11 is 1.71. The zero-order valence-corrected chi connectivity index (χ0v) is 18.4. The molecule has 1 aromatic rings.